The Kier molecular flexibility index (Phi) is 4.52. The SMILES string of the molecule is CS(=O)(=O)c1cc(N2CCOC(c3nccs3)C2)ccc1[N+](=O)[O-]. The summed E-state index contributed by atoms with van der Waals surface area (Å²) in [4.78, 5) is 16.3. The van der Waals surface area contributed by atoms with Crippen molar-refractivity contribution in [2.45, 2.75) is 11.0 Å². The minimum absolute atomic E-state index is 0.198. The predicted molar refractivity (Wildman–Crippen MR) is 89.2 cm³/mol. The number of morpholine rings is 1. The van der Waals surface area contributed by atoms with Crippen LogP contribution in [0.4, 0.5) is 11.4 Å². The van der Waals surface area contributed by atoms with Crippen molar-refractivity contribution in [3.63, 3.8) is 0 Å². The highest BCUT2D eigenvalue weighted by molar-refractivity contribution is 7.90. The monoisotopic (exact) mass is 369 g/mol. The van der Waals surface area contributed by atoms with Crippen LogP contribution < -0.4 is 4.90 Å². The summed E-state index contributed by atoms with van der Waals surface area (Å²) in [5, 5.41) is 13.8. The zero-order valence-corrected chi connectivity index (χ0v) is 14.4. The Labute approximate surface area is 142 Å². The molecule has 24 heavy (non-hydrogen) atoms. The number of rotatable bonds is 4. The van der Waals surface area contributed by atoms with E-state index in [-0.39, 0.29) is 11.0 Å². The number of nitro groups is 1. The van der Waals surface area contributed by atoms with E-state index in [9.17, 15) is 18.5 Å². The van der Waals surface area contributed by atoms with Crippen molar-refractivity contribution in [3.05, 3.63) is 44.9 Å². The Morgan fingerprint density at radius 2 is 2.25 bits per heavy atom. The number of nitrogens with zero attached hydrogens (tertiary/aromatic N) is 3. The van der Waals surface area contributed by atoms with Crippen molar-refractivity contribution in [1.82, 2.24) is 4.98 Å². The molecule has 0 bridgehead atoms. The minimum atomic E-state index is -3.71. The number of hydrogen-bond acceptors (Lipinski definition) is 8. The van der Waals surface area contributed by atoms with Gasteiger partial charge >= 0.3 is 0 Å². The van der Waals surface area contributed by atoms with Gasteiger partial charge in [-0.15, -0.1) is 11.3 Å². The maximum atomic E-state index is 11.9. The van der Waals surface area contributed by atoms with E-state index in [0.717, 1.165) is 11.3 Å². The van der Waals surface area contributed by atoms with E-state index in [1.165, 1.54) is 23.5 Å². The van der Waals surface area contributed by atoms with Gasteiger partial charge in [0.1, 0.15) is 16.0 Å². The van der Waals surface area contributed by atoms with E-state index >= 15 is 0 Å². The van der Waals surface area contributed by atoms with Gasteiger partial charge in [-0.25, -0.2) is 13.4 Å². The van der Waals surface area contributed by atoms with Crippen LogP contribution in [0.1, 0.15) is 11.1 Å². The van der Waals surface area contributed by atoms with E-state index in [4.69, 9.17) is 4.74 Å². The first-order valence-electron chi connectivity index (χ1n) is 7.10. The molecule has 0 amide bonds. The number of benzene rings is 1. The summed E-state index contributed by atoms with van der Waals surface area (Å²) < 4.78 is 29.5. The minimum Gasteiger partial charge on any atom is -0.367 e. The van der Waals surface area contributed by atoms with Gasteiger partial charge in [-0.05, 0) is 12.1 Å². The molecule has 0 radical (unpaired) electrons. The molecular weight excluding hydrogens is 354 g/mol. The second-order valence-electron chi connectivity index (χ2n) is 5.36. The van der Waals surface area contributed by atoms with E-state index in [0.29, 0.717) is 25.4 Å². The van der Waals surface area contributed by atoms with Gasteiger partial charge < -0.3 is 9.64 Å². The summed E-state index contributed by atoms with van der Waals surface area (Å²) in [5.41, 5.74) is 0.205. The first-order valence-corrected chi connectivity index (χ1v) is 9.88. The standard InChI is InChI=1S/C14H15N3O5S2/c1-24(20,21)13-8-10(2-3-11(13)17(18)19)16-5-6-22-12(9-16)14-15-4-7-23-14/h2-4,7-8,12H,5-6,9H2,1H3. The molecule has 1 atom stereocenters. The third-order valence-corrected chi connectivity index (χ3v) is 5.69. The van der Waals surface area contributed by atoms with E-state index in [2.05, 4.69) is 4.98 Å². The quantitative estimate of drug-likeness (QED) is 0.600. The highest BCUT2D eigenvalue weighted by atomic mass is 32.2. The smallest absolute Gasteiger partial charge is 0.288 e. The first-order chi connectivity index (χ1) is 11.4. The lowest BCUT2D eigenvalue weighted by molar-refractivity contribution is -0.387. The fourth-order valence-corrected chi connectivity index (χ4v) is 4.11. The molecule has 1 aromatic heterocycles. The molecule has 0 N–H and O–H groups in total. The van der Waals surface area contributed by atoms with Gasteiger partial charge in [-0.3, -0.25) is 10.1 Å². The van der Waals surface area contributed by atoms with Gasteiger partial charge in [0, 0.05) is 36.1 Å². The Balaban J connectivity index is 1.93. The fraction of sp³-hybridized carbons (Fsp3) is 0.357. The second-order valence-corrected chi connectivity index (χ2v) is 8.27. The predicted octanol–water partition coefficient (Wildman–Crippen LogP) is 2.03. The van der Waals surface area contributed by atoms with Gasteiger partial charge in [-0.1, -0.05) is 0 Å². The molecule has 3 rings (SSSR count). The fourth-order valence-electron chi connectivity index (χ4n) is 2.57. The van der Waals surface area contributed by atoms with Gasteiger partial charge in [-0.2, -0.15) is 0 Å². The first kappa shape index (κ1) is 16.8. The lowest BCUT2D eigenvalue weighted by Crippen LogP contribution is -2.38. The van der Waals surface area contributed by atoms with Crippen molar-refractivity contribution in [2.24, 2.45) is 0 Å². The molecule has 1 saturated heterocycles. The summed E-state index contributed by atoms with van der Waals surface area (Å²) >= 11 is 1.49. The second kappa shape index (κ2) is 6.46. The largest absolute Gasteiger partial charge is 0.367 e. The molecule has 10 heteroatoms. The van der Waals surface area contributed by atoms with Crippen LogP contribution in [0.15, 0.2) is 34.7 Å². The molecule has 128 valence electrons. The van der Waals surface area contributed by atoms with Crippen molar-refractivity contribution >= 4 is 32.5 Å². The topological polar surface area (TPSA) is 103 Å². The lowest BCUT2D eigenvalue weighted by Gasteiger charge is -2.33. The van der Waals surface area contributed by atoms with E-state index < -0.39 is 20.4 Å². The average Bonchev–Trinajstić information content (AvgIpc) is 3.08. The third-order valence-electron chi connectivity index (χ3n) is 3.70. The Bertz CT molecular complexity index is 851. The summed E-state index contributed by atoms with van der Waals surface area (Å²) in [5.74, 6) is 0. The van der Waals surface area contributed by atoms with Gasteiger partial charge in [0.2, 0.25) is 0 Å². The van der Waals surface area contributed by atoms with Crippen LogP contribution in [0.2, 0.25) is 0 Å². The summed E-state index contributed by atoms with van der Waals surface area (Å²) in [6.07, 6.45) is 2.47. The molecule has 1 unspecified atom stereocenters. The van der Waals surface area contributed by atoms with Crippen LogP contribution >= 0.6 is 11.3 Å². The molecule has 1 aliphatic heterocycles. The molecule has 2 heterocycles. The lowest BCUT2D eigenvalue weighted by atomic mass is 10.2. The van der Waals surface area contributed by atoms with Gasteiger partial charge in [0.15, 0.2) is 9.84 Å². The van der Waals surface area contributed by atoms with E-state index in [1.807, 2.05) is 10.3 Å². The van der Waals surface area contributed by atoms with Crippen LogP contribution in [0.3, 0.4) is 0 Å². The number of sulfone groups is 1. The number of thiazole rings is 1. The molecule has 1 aliphatic rings. The molecule has 0 spiro atoms. The van der Waals surface area contributed by atoms with Crippen LogP contribution in [-0.4, -0.2) is 44.3 Å². The molecule has 1 aromatic carbocycles. The van der Waals surface area contributed by atoms with Crippen LogP contribution in [0.25, 0.3) is 0 Å². The Morgan fingerprint density at radius 3 is 2.88 bits per heavy atom. The molecular formula is C14H15N3O5S2. The molecule has 0 saturated carbocycles. The molecule has 2 aromatic rings. The van der Waals surface area contributed by atoms with Crippen LogP contribution in [0, 0.1) is 10.1 Å². The number of hydrogen-bond donors (Lipinski definition) is 0. The highest BCUT2D eigenvalue weighted by Crippen LogP contribution is 2.32. The number of anilines is 1. The summed E-state index contributed by atoms with van der Waals surface area (Å²) in [6.45, 7) is 1.55. The number of ether oxygens (including phenoxy) is 1. The van der Waals surface area contributed by atoms with Crippen molar-refractivity contribution in [3.8, 4) is 0 Å². The number of aromatic nitrogens is 1. The highest BCUT2D eigenvalue weighted by Gasteiger charge is 2.27. The van der Waals surface area contributed by atoms with Crippen molar-refractivity contribution in [1.29, 1.82) is 0 Å². The maximum Gasteiger partial charge on any atom is 0.288 e. The Morgan fingerprint density at radius 1 is 1.46 bits per heavy atom. The van der Waals surface area contributed by atoms with Crippen LogP contribution in [0.5, 0.6) is 0 Å². The zero-order chi connectivity index (χ0) is 17.3. The molecule has 8 nitrogen and oxygen atoms in total. The van der Waals surface area contributed by atoms with Crippen molar-refractivity contribution < 1.29 is 18.1 Å². The Hall–Kier alpha value is -2.04. The summed E-state index contributed by atoms with van der Waals surface area (Å²) in [7, 11) is -3.71. The maximum absolute atomic E-state index is 11.9. The van der Waals surface area contributed by atoms with E-state index in [1.54, 1.807) is 12.3 Å². The summed E-state index contributed by atoms with van der Waals surface area (Å²) in [6, 6.07) is 4.16. The van der Waals surface area contributed by atoms with Gasteiger partial charge in [0.25, 0.3) is 5.69 Å². The van der Waals surface area contributed by atoms with Crippen molar-refractivity contribution in [2.75, 3.05) is 30.9 Å². The third kappa shape index (κ3) is 3.40. The molecule has 0 aliphatic carbocycles. The normalized spacial score (nSPS) is 18.5. The zero-order valence-electron chi connectivity index (χ0n) is 12.8. The average molecular weight is 369 g/mol. The molecule has 1 fully saturated rings. The number of nitro benzene ring substituents is 1. The van der Waals surface area contributed by atoms with Gasteiger partial charge in [0.05, 0.1) is 18.1 Å². The van der Waals surface area contributed by atoms with Crippen LogP contribution in [-0.2, 0) is 14.6 Å².